The van der Waals surface area contributed by atoms with Gasteiger partial charge in [0.1, 0.15) is 0 Å². The number of para-hydroxylation sites is 1. The van der Waals surface area contributed by atoms with Crippen LogP contribution in [-0.4, -0.2) is 10.2 Å². The van der Waals surface area contributed by atoms with Gasteiger partial charge >= 0.3 is 0 Å². The van der Waals surface area contributed by atoms with E-state index < -0.39 is 0 Å². The van der Waals surface area contributed by atoms with Gasteiger partial charge in [-0.2, -0.15) is 5.10 Å². The maximum atomic E-state index is 4.13. The van der Waals surface area contributed by atoms with Crippen LogP contribution >= 0.6 is 0 Å². The first-order valence-electron chi connectivity index (χ1n) is 6.25. The van der Waals surface area contributed by atoms with Crippen LogP contribution in [0.3, 0.4) is 0 Å². The van der Waals surface area contributed by atoms with Crippen LogP contribution in [0.15, 0.2) is 60.8 Å². The Kier molecular flexibility index (Phi) is 3.02. The summed E-state index contributed by atoms with van der Waals surface area (Å²) < 4.78 is 0. The van der Waals surface area contributed by atoms with E-state index in [4.69, 9.17) is 0 Å². The molecule has 0 radical (unpaired) electrons. The highest BCUT2D eigenvalue weighted by atomic mass is 15.1. The number of H-pyrrole nitrogens is 1. The number of anilines is 2. The predicted octanol–water partition coefficient (Wildman–Crippen LogP) is 4.13. The first kappa shape index (κ1) is 11.5. The van der Waals surface area contributed by atoms with Crippen molar-refractivity contribution in [3.8, 4) is 11.3 Å². The molecule has 1 heterocycles. The van der Waals surface area contributed by atoms with Crippen molar-refractivity contribution in [1.82, 2.24) is 10.2 Å². The SMILES string of the molecule is Cc1ccc(-c2[nH]ncc2Nc2ccccc2)cc1. The second-order valence-corrected chi connectivity index (χ2v) is 4.52. The number of hydrogen-bond acceptors (Lipinski definition) is 2. The molecule has 1 aromatic heterocycles. The molecular formula is C16H15N3. The molecule has 0 amide bonds. The van der Waals surface area contributed by atoms with E-state index in [2.05, 4.69) is 46.7 Å². The second kappa shape index (κ2) is 4.98. The molecule has 0 bridgehead atoms. The lowest BCUT2D eigenvalue weighted by Crippen LogP contribution is -1.90. The Balaban J connectivity index is 1.92. The topological polar surface area (TPSA) is 40.7 Å². The highest BCUT2D eigenvalue weighted by molar-refractivity contribution is 5.77. The molecule has 0 aliphatic rings. The summed E-state index contributed by atoms with van der Waals surface area (Å²) in [5.74, 6) is 0. The van der Waals surface area contributed by atoms with Crippen LogP contribution in [0.5, 0.6) is 0 Å². The Labute approximate surface area is 112 Å². The van der Waals surface area contributed by atoms with Gasteiger partial charge in [-0.05, 0) is 19.1 Å². The van der Waals surface area contributed by atoms with Gasteiger partial charge < -0.3 is 5.32 Å². The molecule has 0 saturated heterocycles. The summed E-state index contributed by atoms with van der Waals surface area (Å²) in [7, 11) is 0. The molecule has 0 aliphatic heterocycles. The zero-order valence-corrected chi connectivity index (χ0v) is 10.7. The first-order valence-corrected chi connectivity index (χ1v) is 6.25. The van der Waals surface area contributed by atoms with Gasteiger partial charge in [0.15, 0.2) is 0 Å². The highest BCUT2D eigenvalue weighted by Gasteiger charge is 2.07. The summed E-state index contributed by atoms with van der Waals surface area (Å²) in [4.78, 5) is 0. The summed E-state index contributed by atoms with van der Waals surface area (Å²) in [6, 6.07) is 18.5. The van der Waals surface area contributed by atoms with Crippen LogP contribution in [-0.2, 0) is 0 Å². The Bertz CT molecular complexity index is 654. The molecule has 0 saturated carbocycles. The van der Waals surface area contributed by atoms with Gasteiger partial charge in [-0.1, -0.05) is 48.0 Å². The van der Waals surface area contributed by atoms with Gasteiger partial charge in [0.25, 0.3) is 0 Å². The molecule has 3 heteroatoms. The lowest BCUT2D eigenvalue weighted by atomic mass is 10.1. The predicted molar refractivity (Wildman–Crippen MR) is 78.5 cm³/mol. The molecule has 0 aliphatic carbocycles. The average Bonchev–Trinajstić information content (AvgIpc) is 2.89. The van der Waals surface area contributed by atoms with Crippen LogP contribution in [0.4, 0.5) is 11.4 Å². The summed E-state index contributed by atoms with van der Waals surface area (Å²) in [5.41, 5.74) is 5.42. The van der Waals surface area contributed by atoms with Crippen molar-refractivity contribution in [3.05, 3.63) is 66.4 Å². The number of hydrogen-bond donors (Lipinski definition) is 2. The van der Waals surface area contributed by atoms with Crippen LogP contribution < -0.4 is 5.32 Å². The molecule has 19 heavy (non-hydrogen) atoms. The zero-order chi connectivity index (χ0) is 13.1. The van der Waals surface area contributed by atoms with E-state index in [0.717, 1.165) is 22.6 Å². The number of benzene rings is 2. The van der Waals surface area contributed by atoms with E-state index >= 15 is 0 Å². The van der Waals surface area contributed by atoms with Crippen molar-refractivity contribution < 1.29 is 0 Å². The average molecular weight is 249 g/mol. The molecule has 0 atom stereocenters. The molecule has 0 fully saturated rings. The fourth-order valence-electron chi connectivity index (χ4n) is 2.00. The summed E-state index contributed by atoms with van der Waals surface area (Å²) >= 11 is 0. The van der Waals surface area contributed by atoms with Gasteiger partial charge in [-0.25, -0.2) is 0 Å². The maximum absolute atomic E-state index is 4.13. The van der Waals surface area contributed by atoms with Gasteiger partial charge in [-0.15, -0.1) is 0 Å². The van der Waals surface area contributed by atoms with Crippen molar-refractivity contribution in [2.24, 2.45) is 0 Å². The van der Waals surface area contributed by atoms with Gasteiger partial charge in [0.2, 0.25) is 0 Å². The number of aryl methyl sites for hydroxylation is 1. The Morgan fingerprint density at radius 3 is 2.42 bits per heavy atom. The fraction of sp³-hybridized carbons (Fsp3) is 0.0625. The van der Waals surface area contributed by atoms with Crippen LogP contribution in [0.25, 0.3) is 11.3 Å². The monoisotopic (exact) mass is 249 g/mol. The molecular weight excluding hydrogens is 234 g/mol. The molecule has 3 rings (SSSR count). The zero-order valence-electron chi connectivity index (χ0n) is 10.7. The van der Waals surface area contributed by atoms with Crippen LogP contribution in [0.1, 0.15) is 5.56 Å². The van der Waals surface area contributed by atoms with Crippen molar-refractivity contribution in [2.75, 3.05) is 5.32 Å². The summed E-state index contributed by atoms with van der Waals surface area (Å²) in [6.45, 7) is 2.08. The third-order valence-corrected chi connectivity index (χ3v) is 3.03. The standard InChI is InChI=1S/C16H15N3/c1-12-7-9-13(10-8-12)16-15(11-17-19-16)18-14-5-3-2-4-6-14/h2-11,18H,1H3,(H,17,19). The minimum atomic E-state index is 0.982. The number of aromatic amines is 1. The Morgan fingerprint density at radius 1 is 0.947 bits per heavy atom. The van der Waals surface area contributed by atoms with E-state index in [1.54, 1.807) is 0 Å². The van der Waals surface area contributed by atoms with Crippen LogP contribution in [0.2, 0.25) is 0 Å². The van der Waals surface area contributed by atoms with E-state index in [1.165, 1.54) is 5.56 Å². The van der Waals surface area contributed by atoms with Crippen molar-refractivity contribution in [3.63, 3.8) is 0 Å². The molecule has 0 unspecified atom stereocenters. The largest absolute Gasteiger partial charge is 0.352 e. The molecule has 94 valence electrons. The highest BCUT2D eigenvalue weighted by Crippen LogP contribution is 2.27. The Morgan fingerprint density at radius 2 is 1.68 bits per heavy atom. The lowest BCUT2D eigenvalue weighted by molar-refractivity contribution is 1.09. The van der Waals surface area contributed by atoms with E-state index in [0.29, 0.717) is 0 Å². The van der Waals surface area contributed by atoms with Crippen molar-refractivity contribution in [1.29, 1.82) is 0 Å². The molecule has 2 aromatic carbocycles. The van der Waals surface area contributed by atoms with Gasteiger partial charge in [0, 0.05) is 11.3 Å². The molecule has 0 spiro atoms. The van der Waals surface area contributed by atoms with Gasteiger partial charge in [0.05, 0.1) is 17.6 Å². The van der Waals surface area contributed by atoms with Crippen LogP contribution in [0, 0.1) is 6.92 Å². The number of nitrogens with zero attached hydrogens (tertiary/aromatic N) is 1. The Hall–Kier alpha value is -2.55. The lowest BCUT2D eigenvalue weighted by Gasteiger charge is -2.07. The van der Waals surface area contributed by atoms with Crippen molar-refractivity contribution >= 4 is 11.4 Å². The maximum Gasteiger partial charge on any atom is 0.0885 e. The summed E-state index contributed by atoms with van der Waals surface area (Å²) in [6.07, 6.45) is 1.81. The van der Waals surface area contributed by atoms with E-state index in [9.17, 15) is 0 Å². The quantitative estimate of drug-likeness (QED) is 0.732. The molecule has 2 N–H and O–H groups in total. The minimum Gasteiger partial charge on any atom is -0.352 e. The van der Waals surface area contributed by atoms with Crippen molar-refractivity contribution in [2.45, 2.75) is 6.92 Å². The smallest absolute Gasteiger partial charge is 0.0885 e. The fourth-order valence-corrected chi connectivity index (χ4v) is 2.00. The van der Waals surface area contributed by atoms with Gasteiger partial charge in [-0.3, -0.25) is 5.10 Å². The number of rotatable bonds is 3. The molecule has 3 nitrogen and oxygen atoms in total. The number of nitrogens with one attached hydrogen (secondary N) is 2. The second-order valence-electron chi connectivity index (χ2n) is 4.52. The number of aromatic nitrogens is 2. The molecule has 3 aromatic rings. The summed E-state index contributed by atoms with van der Waals surface area (Å²) in [5, 5.41) is 10.6. The minimum absolute atomic E-state index is 0.982. The van der Waals surface area contributed by atoms with E-state index in [1.807, 2.05) is 36.5 Å². The third-order valence-electron chi connectivity index (χ3n) is 3.03. The normalized spacial score (nSPS) is 10.4. The van der Waals surface area contributed by atoms with E-state index in [-0.39, 0.29) is 0 Å². The third kappa shape index (κ3) is 2.50. The first-order chi connectivity index (χ1) is 9.33.